The lowest BCUT2D eigenvalue weighted by Gasteiger charge is -2.18. The molecule has 13 heteroatoms. The molecule has 1 aliphatic heterocycles. The maximum atomic E-state index is 13.1. The van der Waals surface area contributed by atoms with Gasteiger partial charge in [0.15, 0.2) is 12.3 Å². The number of pyridine rings is 1. The van der Waals surface area contributed by atoms with Gasteiger partial charge in [0, 0.05) is 36.1 Å². The van der Waals surface area contributed by atoms with Crippen LogP contribution in [0.1, 0.15) is 28.8 Å². The molecule has 0 aliphatic carbocycles. The van der Waals surface area contributed by atoms with Crippen LogP contribution in [0.3, 0.4) is 0 Å². The van der Waals surface area contributed by atoms with E-state index in [0.29, 0.717) is 30.0 Å². The van der Waals surface area contributed by atoms with Crippen molar-refractivity contribution in [3.8, 4) is 16.9 Å². The summed E-state index contributed by atoms with van der Waals surface area (Å²) in [5.74, 6) is -0.891. The van der Waals surface area contributed by atoms with E-state index in [-0.39, 0.29) is 47.0 Å². The van der Waals surface area contributed by atoms with Gasteiger partial charge in [-0.3, -0.25) is 9.59 Å². The average molecular weight is 633 g/mol. The molecule has 0 saturated carbocycles. The highest BCUT2D eigenvalue weighted by Crippen LogP contribution is 2.31. The van der Waals surface area contributed by atoms with Crippen molar-refractivity contribution in [2.45, 2.75) is 25.4 Å². The monoisotopic (exact) mass is 632 g/mol. The van der Waals surface area contributed by atoms with Gasteiger partial charge in [0.25, 0.3) is 5.91 Å². The molecule has 0 atom stereocenters. The number of carbonyl (C=O) groups is 2. The first-order valence-corrected chi connectivity index (χ1v) is 14.5. The average Bonchev–Trinajstić information content (AvgIpc) is 3.71. The molecule has 1 fully saturated rings. The van der Waals surface area contributed by atoms with Crippen LogP contribution in [0.4, 0.5) is 34.9 Å². The Labute approximate surface area is 260 Å². The molecule has 0 bridgehead atoms. The van der Waals surface area contributed by atoms with Gasteiger partial charge < -0.3 is 20.3 Å². The molecule has 0 unspecified atom stereocenters. The molecular formula is C33H28F4N6O3. The highest BCUT2D eigenvalue weighted by atomic mass is 19.4. The number of hydrogen-bond donors (Lipinski definition) is 2. The summed E-state index contributed by atoms with van der Waals surface area (Å²) in [7, 11) is 0. The fourth-order valence-electron chi connectivity index (χ4n) is 5.11. The fourth-order valence-corrected chi connectivity index (χ4v) is 5.11. The Bertz CT molecular complexity index is 1870. The summed E-state index contributed by atoms with van der Waals surface area (Å²) in [6.45, 7) is -0.323. The number of halogens is 4. The van der Waals surface area contributed by atoms with Crippen LogP contribution in [0.25, 0.3) is 16.8 Å². The van der Waals surface area contributed by atoms with Crippen LogP contribution in [0.15, 0.2) is 85.1 Å². The quantitative estimate of drug-likeness (QED) is 0.177. The van der Waals surface area contributed by atoms with Gasteiger partial charge in [0.05, 0.1) is 12.1 Å². The lowest BCUT2D eigenvalue weighted by atomic mass is 10.1. The Hall–Kier alpha value is -5.46. The molecule has 9 nitrogen and oxygen atoms in total. The lowest BCUT2D eigenvalue weighted by molar-refractivity contribution is -0.153. The van der Waals surface area contributed by atoms with E-state index >= 15 is 0 Å². The molecule has 2 aromatic heterocycles. The molecule has 2 amide bonds. The zero-order valence-electron chi connectivity index (χ0n) is 24.4. The molecule has 1 saturated heterocycles. The van der Waals surface area contributed by atoms with Crippen molar-refractivity contribution >= 4 is 34.8 Å². The fraction of sp³-hybridized carbons (Fsp3) is 0.212. The topological polar surface area (TPSA) is 101 Å². The van der Waals surface area contributed by atoms with E-state index < -0.39 is 12.8 Å². The minimum absolute atomic E-state index is 0.109. The molecular weight excluding hydrogens is 604 g/mol. The van der Waals surface area contributed by atoms with E-state index in [2.05, 4.69) is 20.7 Å². The molecule has 0 radical (unpaired) electrons. The second-order valence-electron chi connectivity index (χ2n) is 10.8. The molecule has 236 valence electrons. The SMILES string of the molecule is O=C(Cc1ccc(F)cc1)Nc1ccc(-c2ccc3nc(Nc4ccc(C(=O)N5CCCC5)cc4OCC(F)(F)F)nn3c2)cc1. The number of benzene rings is 3. The highest BCUT2D eigenvalue weighted by molar-refractivity contribution is 5.95. The van der Waals surface area contributed by atoms with E-state index in [1.807, 2.05) is 18.2 Å². The first-order chi connectivity index (χ1) is 22.1. The molecule has 5 aromatic rings. The molecule has 1 aliphatic rings. The predicted octanol–water partition coefficient (Wildman–Crippen LogP) is 6.64. The first-order valence-electron chi connectivity index (χ1n) is 14.5. The third-order valence-electron chi connectivity index (χ3n) is 7.37. The zero-order valence-corrected chi connectivity index (χ0v) is 24.4. The number of ether oxygens (including phenoxy) is 1. The Kier molecular flexibility index (Phi) is 8.55. The van der Waals surface area contributed by atoms with E-state index in [1.165, 1.54) is 34.8 Å². The minimum Gasteiger partial charge on any atom is -0.482 e. The van der Waals surface area contributed by atoms with Gasteiger partial charge in [-0.15, -0.1) is 5.10 Å². The summed E-state index contributed by atoms with van der Waals surface area (Å²) in [6, 6.07) is 20.8. The Morgan fingerprint density at radius 2 is 1.61 bits per heavy atom. The van der Waals surface area contributed by atoms with Gasteiger partial charge in [-0.25, -0.2) is 8.91 Å². The number of hydrogen-bond acceptors (Lipinski definition) is 6. The van der Waals surface area contributed by atoms with E-state index in [9.17, 15) is 27.2 Å². The maximum Gasteiger partial charge on any atom is 0.422 e. The number of anilines is 3. The minimum atomic E-state index is -4.57. The molecule has 3 heterocycles. The number of nitrogens with zero attached hydrogens (tertiary/aromatic N) is 4. The second kappa shape index (κ2) is 12.9. The van der Waals surface area contributed by atoms with Gasteiger partial charge in [-0.05, 0) is 78.6 Å². The number of likely N-dealkylation sites (tertiary alicyclic amines) is 1. The standard InChI is InChI=1S/C33H28F4N6O3/c34-25-9-3-21(4-10-25)17-30(44)38-26-11-5-22(6-12-26)24-8-14-29-40-32(41-43(29)19-24)39-27-13-7-23(31(45)42-15-1-2-16-42)18-28(27)46-20-33(35,36)37/h3-14,18-19H,1-2,15-17,20H2,(H,38,44)(H,39,41). The summed E-state index contributed by atoms with van der Waals surface area (Å²) in [6.07, 6.45) is -0.953. The van der Waals surface area contributed by atoms with Crippen molar-refractivity contribution < 1.29 is 31.9 Å². The number of rotatable bonds is 9. The van der Waals surface area contributed by atoms with Crippen LogP contribution in [0, 0.1) is 5.82 Å². The summed E-state index contributed by atoms with van der Waals surface area (Å²) in [5, 5.41) is 10.2. The smallest absolute Gasteiger partial charge is 0.422 e. The third kappa shape index (κ3) is 7.42. The van der Waals surface area contributed by atoms with Gasteiger partial charge in [-0.2, -0.15) is 18.2 Å². The van der Waals surface area contributed by atoms with Crippen molar-refractivity contribution in [2.75, 3.05) is 30.3 Å². The van der Waals surface area contributed by atoms with E-state index in [4.69, 9.17) is 4.74 Å². The van der Waals surface area contributed by atoms with Crippen molar-refractivity contribution in [3.63, 3.8) is 0 Å². The first kappa shape index (κ1) is 30.6. The summed E-state index contributed by atoms with van der Waals surface area (Å²) in [4.78, 5) is 31.3. The Morgan fingerprint density at radius 3 is 2.33 bits per heavy atom. The number of fused-ring (bicyclic) bond motifs is 1. The van der Waals surface area contributed by atoms with Gasteiger partial charge in [0.2, 0.25) is 11.9 Å². The van der Waals surface area contributed by atoms with Crippen LogP contribution >= 0.6 is 0 Å². The normalized spacial score (nSPS) is 13.2. The molecule has 3 aromatic carbocycles. The Morgan fingerprint density at radius 1 is 0.891 bits per heavy atom. The number of aromatic nitrogens is 3. The maximum absolute atomic E-state index is 13.1. The number of amides is 2. The van der Waals surface area contributed by atoms with Crippen molar-refractivity contribution in [3.05, 3.63) is 102 Å². The van der Waals surface area contributed by atoms with Crippen LogP contribution in [0.5, 0.6) is 5.75 Å². The number of carbonyl (C=O) groups excluding carboxylic acids is 2. The molecule has 0 spiro atoms. The van der Waals surface area contributed by atoms with E-state index in [1.54, 1.807) is 41.4 Å². The van der Waals surface area contributed by atoms with Crippen LogP contribution in [-0.4, -0.2) is 57.2 Å². The molecule has 6 rings (SSSR count). The largest absolute Gasteiger partial charge is 0.482 e. The number of alkyl halides is 3. The lowest BCUT2D eigenvalue weighted by Crippen LogP contribution is -2.27. The van der Waals surface area contributed by atoms with Crippen molar-refractivity contribution in [1.29, 1.82) is 0 Å². The van der Waals surface area contributed by atoms with Gasteiger partial charge in [0.1, 0.15) is 11.6 Å². The second-order valence-corrected chi connectivity index (χ2v) is 10.8. The van der Waals surface area contributed by atoms with E-state index in [0.717, 1.165) is 24.0 Å². The Balaban J connectivity index is 1.16. The van der Waals surface area contributed by atoms with Crippen molar-refractivity contribution in [1.82, 2.24) is 19.5 Å². The van der Waals surface area contributed by atoms with Gasteiger partial charge in [-0.1, -0.05) is 24.3 Å². The van der Waals surface area contributed by atoms with Gasteiger partial charge >= 0.3 is 6.18 Å². The summed E-state index contributed by atoms with van der Waals surface area (Å²) < 4.78 is 58.8. The summed E-state index contributed by atoms with van der Waals surface area (Å²) >= 11 is 0. The van der Waals surface area contributed by atoms with Crippen LogP contribution in [-0.2, 0) is 11.2 Å². The van der Waals surface area contributed by atoms with Crippen molar-refractivity contribution in [2.24, 2.45) is 0 Å². The third-order valence-corrected chi connectivity index (χ3v) is 7.37. The zero-order chi connectivity index (χ0) is 32.3. The van der Waals surface area contributed by atoms with Crippen LogP contribution in [0.2, 0.25) is 0 Å². The van der Waals surface area contributed by atoms with Crippen LogP contribution < -0.4 is 15.4 Å². The molecule has 2 N–H and O–H groups in total. The molecule has 46 heavy (non-hydrogen) atoms. The summed E-state index contributed by atoms with van der Waals surface area (Å²) in [5.41, 5.74) is 3.82. The number of nitrogens with one attached hydrogen (secondary N) is 2. The predicted molar refractivity (Wildman–Crippen MR) is 164 cm³/mol. The highest BCUT2D eigenvalue weighted by Gasteiger charge is 2.29.